The van der Waals surface area contributed by atoms with Gasteiger partial charge >= 0.3 is 5.97 Å². The van der Waals surface area contributed by atoms with E-state index in [0.717, 1.165) is 0 Å². The molecule has 0 bridgehead atoms. The third-order valence-corrected chi connectivity index (χ3v) is 6.38. The topological polar surface area (TPSA) is 76.2 Å². The minimum atomic E-state index is -1.09. The van der Waals surface area contributed by atoms with Crippen molar-refractivity contribution in [1.82, 2.24) is 4.90 Å². The lowest BCUT2D eigenvalue weighted by Crippen LogP contribution is -2.50. The summed E-state index contributed by atoms with van der Waals surface area (Å²) in [5, 5.41) is 0.956. The summed E-state index contributed by atoms with van der Waals surface area (Å²) >= 11 is 13.0. The maximum absolute atomic E-state index is 14.1. The highest BCUT2D eigenvalue weighted by Gasteiger charge is 2.40. The van der Waals surface area contributed by atoms with Gasteiger partial charge in [-0.1, -0.05) is 62.2 Å². The van der Waals surface area contributed by atoms with Gasteiger partial charge in [-0.3, -0.25) is 14.4 Å². The van der Waals surface area contributed by atoms with E-state index in [1.807, 2.05) is 39.0 Å². The van der Waals surface area contributed by atoms with Crippen molar-refractivity contribution in [2.75, 3.05) is 24.5 Å². The number of rotatable bonds is 6. The fraction of sp³-hybridized carbons (Fsp3) is 0.483. The molecule has 2 atom stereocenters. The zero-order chi connectivity index (χ0) is 28.4. The van der Waals surface area contributed by atoms with Crippen LogP contribution in [-0.2, 0) is 23.9 Å². The van der Waals surface area contributed by atoms with E-state index in [1.165, 1.54) is 11.8 Å². The van der Waals surface area contributed by atoms with Crippen molar-refractivity contribution in [2.45, 2.75) is 66.3 Å². The summed E-state index contributed by atoms with van der Waals surface area (Å²) in [7, 11) is 0. The first-order valence-electron chi connectivity index (χ1n) is 12.5. The van der Waals surface area contributed by atoms with Crippen molar-refractivity contribution in [1.29, 1.82) is 0 Å². The quantitative estimate of drug-likeness (QED) is 0.400. The van der Waals surface area contributed by atoms with Crippen LogP contribution in [0.1, 0.15) is 65.7 Å². The smallest absolute Gasteiger partial charge is 0.326 e. The van der Waals surface area contributed by atoms with Crippen LogP contribution in [0, 0.1) is 5.41 Å². The molecule has 2 aromatic rings. The molecular formula is C29H36Cl2N2O5. The number of anilines is 1. The van der Waals surface area contributed by atoms with Crippen molar-refractivity contribution >= 4 is 46.7 Å². The highest BCUT2D eigenvalue weighted by atomic mass is 35.5. The van der Waals surface area contributed by atoms with Crippen molar-refractivity contribution < 1.29 is 23.9 Å². The molecule has 1 heterocycles. The second kappa shape index (κ2) is 11.6. The molecule has 0 aromatic heterocycles. The minimum Gasteiger partial charge on any atom is -0.459 e. The summed E-state index contributed by atoms with van der Waals surface area (Å²) in [5.41, 5.74) is 1.04. The Bertz CT molecular complexity index is 1200. The molecule has 1 aliphatic heterocycles. The van der Waals surface area contributed by atoms with E-state index in [4.69, 9.17) is 32.7 Å². The average Bonchev–Trinajstić information content (AvgIpc) is 2.87. The fourth-order valence-electron chi connectivity index (χ4n) is 4.29. The molecule has 0 aliphatic carbocycles. The lowest BCUT2D eigenvalue weighted by Gasteiger charge is -2.33. The third kappa shape index (κ3) is 7.71. The number of amides is 2. The van der Waals surface area contributed by atoms with E-state index < -0.39 is 23.8 Å². The molecule has 2 unspecified atom stereocenters. The molecule has 2 amide bonds. The number of hydrogen-bond acceptors (Lipinski definition) is 5. The van der Waals surface area contributed by atoms with E-state index in [-0.39, 0.29) is 30.3 Å². The molecule has 0 fully saturated rings. The lowest BCUT2D eigenvalue weighted by atomic mass is 9.94. The van der Waals surface area contributed by atoms with E-state index in [9.17, 15) is 14.4 Å². The van der Waals surface area contributed by atoms with Gasteiger partial charge < -0.3 is 19.3 Å². The molecule has 9 heteroatoms. The standard InChI is InChI=1S/C29H36Cl2N2O5/c1-18(34)32(16-25(35)38-29(5,6)7)15-24-27(36)33(17-28(2,3)4)23-13-12-19(30)14-21(23)26(37-24)20-10-8-9-11-22(20)31/h8-14,24,26H,15-17H2,1-7H3. The summed E-state index contributed by atoms with van der Waals surface area (Å²) in [4.78, 5) is 42.2. The number of hydrogen-bond donors (Lipinski definition) is 0. The second-order valence-corrected chi connectivity index (χ2v) is 12.5. The Morgan fingerprint density at radius 3 is 2.26 bits per heavy atom. The first-order valence-corrected chi connectivity index (χ1v) is 13.3. The second-order valence-electron chi connectivity index (χ2n) is 11.7. The molecule has 38 heavy (non-hydrogen) atoms. The molecule has 206 valence electrons. The predicted octanol–water partition coefficient (Wildman–Crippen LogP) is 6.05. The van der Waals surface area contributed by atoms with Gasteiger partial charge in [-0.2, -0.15) is 0 Å². The number of fused-ring (bicyclic) bond motifs is 1. The van der Waals surface area contributed by atoms with Gasteiger partial charge in [0.1, 0.15) is 18.2 Å². The monoisotopic (exact) mass is 562 g/mol. The molecule has 1 aliphatic rings. The predicted molar refractivity (Wildman–Crippen MR) is 150 cm³/mol. The van der Waals surface area contributed by atoms with Gasteiger partial charge in [-0.15, -0.1) is 0 Å². The van der Waals surface area contributed by atoms with Crippen LogP contribution in [0.2, 0.25) is 10.0 Å². The summed E-state index contributed by atoms with van der Waals surface area (Å²) in [6, 6.07) is 12.6. The Morgan fingerprint density at radius 2 is 1.68 bits per heavy atom. The fourth-order valence-corrected chi connectivity index (χ4v) is 4.71. The Balaban J connectivity index is 2.10. The van der Waals surface area contributed by atoms with Gasteiger partial charge in [-0.05, 0) is 50.5 Å². The average molecular weight is 564 g/mol. The number of nitrogens with zero attached hydrogens (tertiary/aromatic N) is 2. The van der Waals surface area contributed by atoms with Gasteiger partial charge in [0.05, 0.1) is 6.54 Å². The zero-order valence-corrected chi connectivity index (χ0v) is 24.5. The molecule has 0 saturated heterocycles. The normalized spacial score (nSPS) is 18.0. The van der Waals surface area contributed by atoms with Crippen LogP contribution in [0.25, 0.3) is 0 Å². The lowest BCUT2D eigenvalue weighted by molar-refractivity contribution is -0.160. The Morgan fingerprint density at radius 1 is 1.03 bits per heavy atom. The molecular weight excluding hydrogens is 527 g/mol. The maximum atomic E-state index is 14.1. The first kappa shape index (κ1) is 29.9. The zero-order valence-electron chi connectivity index (χ0n) is 23.0. The molecule has 7 nitrogen and oxygen atoms in total. The number of carbonyl (C=O) groups is 3. The Kier molecular flexibility index (Phi) is 9.17. The van der Waals surface area contributed by atoms with Crippen molar-refractivity contribution in [3.63, 3.8) is 0 Å². The van der Waals surface area contributed by atoms with Crippen molar-refractivity contribution in [2.24, 2.45) is 5.41 Å². The van der Waals surface area contributed by atoms with Crippen LogP contribution in [0.5, 0.6) is 0 Å². The SMILES string of the molecule is CC(=O)N(CC(=O)OC(C)(C)C)CC1OC(c2ccccc2Cl)c2cc(Cl)ccc2N(CC(C)(C)C)C1=O. The number of esters is 1. The van der Waals surface area contributed by atoms with Crippen molar-refractivity contribution in [3.05, 3.63) is 63.6 Å². The van der Waals surface area contributed by atoms with E-state index >= 15 is 0 Å². The van der Waals surface area contributed by atoms with Crippen LogP contribution in [-0.4, -0.2) is 54.0 Å². The van der Waals surface area contributed by atoms with Crippen LogP contribution < -0.4 is 4.90 Å². The maximum Gasteiger partial charge on any atom is 0.326 e. The summed E-state index contributed by atoms with van der Waals surface area (Å²) in [6.07, 6.45) is -1.83. The van der Waals surface area contributed by atoms with Crippen LogP contribution in [0.3, 0.4) is 0 Å². The number of carbonyl (C=O) groups excluding carboxylic acids is 3. The first-order chi connectivity index (χ1) is 17.6. The van der Waals surface area contributed by atoms with E-state index in [2.05, 4.69) is 0 Å². The van der Waals surface area contributed by atoms with E-state index in [0.29, 0.717) is 33.4 Å². The molecule has 0 N–H and O–H groups in total. The van der Waals surface area contributed by atoms with Gasteiger partial charge in [0.2, 0.25) is 5.91 Å². The van der Waals surface area contributed by atoms with Gasteiger partial charge in [-0.25, -0.2) is 0 Å². The molecule has 0 radical (unpaired) electrons. The Hall–Kier alpha value is -2.61. The minimum absolute atomic E-state index is 0.142. The van der Waals surface area contributed by atoms with Crippen molar-refractivity contribution in [3.8, 4) is 0 Å². The van der Waals surface area contributed by atoms with Crippen LogP contribution >= 0.6 is 23.2 Å². The molecule has 2 aromatic carbocycles. The Labute approximate surface area is 235 Å². The van der Waals surface area contributed by atoms with Crippen LogP contribution in [0.15, 0.2) is 42.5 Å². The van der Waals surface area contributed by atoms with Gasteiger partial charge in [0, 0.05) is 40.3 Å². The summed E-state index contributed by atoms with van der Waals surface area (Å²) in [6.45, 7) is 12.6. The largest absolute Gasteiger partial charge is 0.459 e. The molecule has 3 rings (SSSR count). The molecule has 0 saturated carbocycles. The summed E-state index contributed by atoms with van der Waals surface area (Å²) in [5.74, 6) is -1.28. The third-order valence-electron chi connectivity index (χ3n) is 5.80. The molecule has 0 spiro atoms. The number of halogens is 2. The van der Waals surface area contributed by atoms with Crippen LogP contribution in [0.4, 0.5) is 5.69 Å². The number of ether oxygens (including phenoxy) is 2. The number of benzene rings is 2. The van der Waals surface area contributed by atoms with Gasteiger partial charge in [0.15, 0.2) is 6.10 Å². The highest BCUT2D eigenvalue weighted by Crippen LogP contribution is 2.42. The highest BCUT2D eigenvalue weighted by molar-refractivity contribution is 6.31. The summed E-state index contributed by atoms with van der Waals surface area (Å²) < 4.78 is 11.9. The van der Waals surface area contributed by atoms with E-state index in [1.54, 1.807) is 49.9 Å². The van der Waals surface area contributed by atoms with Gasteiger partial charge in [0.25, 0.3) is 5.91 Å².